The second-order valence-electron chi connectivity index (χ2n) is 8.76. The SMILES string of the molecule is C/C=C/C1CCC(C2CCc3cc(-c4ccc(OC(F)(F)F)cc4)ccc3C2)CC1. The smallest absolute Gasteiger partial charge is 0.406 e. The van der Waals surface area contributed by atoms with Gasteiger partial charge in [-0.1, -0.05) is 42.5 Å². The van der Waals surface area contributed by atoms with E-state index in [1.165, 1.54) is 55.4 Å². The molecule has 0 aromatic heterocycles. The van der Waals surface area contributed by atoms with Gasteiger partial charge in [-0.15, -0.1) is 13.2 Å². The average molecular weight is 415 g/mol. The summed E-state index contributed by atoms with van der Waals surface area (Å²) in [5.41, 5.74) is 4.80. The number of hydrogen-bond donors (Lipinski definition) is 0. The normalized spacial score (nSPS) is 24.6. The van der Waals surface area contributed by atoms with E-state index in [0.29, 0.717) is 0 Å². The number of hydrogen-bond acceptors (Lipinski definition) is 1. The number of alkyl halides is 3. The summed E-state index contributed by atoms with van der Waals surface area (Å²) in [5, 5.41) is 0. The zero-order valence-corrected chi connectivity index (χ0v) is 17.4. The quantitative estimate of drug-likeness (QED) is 0.465. The summed E-state index contributed by atoms with van der Waals surface area (Å²) in [4.78, 5) is 0. The summed E-state index contributed by atoms with van der Waals surface area (Å²) in [7, 11) is 0. The molecule has 1 fully saturated rings. The molecule has 30 heavy (non-hydrogen) atoms. The second-order valence-corrected chi connectivity index (χ2v) is 8.76. The molecule has 1 saturated carbocycles. The molecule has 2 aliphatic carbocycles. The summed E-state index contributed by atoms with van der Waals surface area (Å²) in [6.07, 6.45) is 8.75. The summed E-state index contributed by atoms with van der Waals surface area (Å²) in [6.45, 7) is 2.11. The molecule has 1 nitrogen and oxygen atoms in total. The molecule has 0 heterocycles. The van der Waals surface area contributed by atoms with Gasteiger partial charge in [-0.05, 0) is 104 Å². The molecule has 0 radical (unpaired) electrons. The lowest BCUT2D eigenvalue weighted by Crippen LogP contribution is -2.26. The Hall–Kier alpha value is -2.23. The van der Waals surface area contributed by atoms with Crippen molar-refractivity contribution in [3.05, 3.63) is 65.7 Å². The van der Waals surface area contributed by atoms with Crippen molar-refractivity contribution < 1.29 is 17.9 Å². The van der Waals surface area contributed by atoms with Crippen LogP contribution in [0, 0.1) is 17.8 Å². The number of allylic oxidation sites excluding steroid dienone is 2. The maximum Gasteiger partial charge on any atom is 0.573 e. The molecular formula is C26H29F3O. The molecule has 4 rings (SSSR count). The van der Waals surface area contributed by atoms with Crippen LogP contribution in [0.2, 0.25) is 0 Å². The molecule has 2 aliphatic rings. The van der Waals surface area contributed by atoms with Crippen LogP contribution in [0.5, 0.6) is 5.75 Å². The Morgan fingerprint density at radius 1 is 0.833 bits per heavy atom. The number of halogens is 3. The Kier molecular flexibility index (Phi) is 6.21. The standard InChI is InChI=1S/C26H29F3O/c1-2-3-18-4-6-19(7-5-18)21-8-10-24-17-22(9-11-23(24)16-21)20-12-14-25(15-13-20)30-26(27,28)29/h2-3,9,11-15,17-19,21H,4-8,10,16H2,1H3/b3-2+. The zero-order chi connectivity index (χ0) is 21.1. The first-order valence-electron chi connectivity index (χ1n) is 11.0. The fraction of sp³-hybridized carbons (Fsp3) is 0.462. The lowest BCUT2D eigenvalue weighted by Gasteiger charge is -2.36. The Morgan fingerprint density at radius 3 is 2.20 bits per heavy atom. The number of rotatable bonds is 4. The molecule has 2 aromatic rings. The second kappa shape index (κ2) is 8.87. The molecule has 0 saturated heterocycles. The van der Waals surface area contributed by atoms with E-state index in [2.05, 4.69) is 42.0 Å². The van der Waals surface area contributed by atoms with Gasteiger partial charge in [0.1, 0.15) is 5.75 Å². The van der Waals surface area contributed by atoms with Gasteiger partial charge in [0.25, 0.3) is 0 Å². The minimum absolute atomic E-state index is 0.184. The fourth-order valence-electron chi connectivity index (χ4n) is 5.30. The molecule has 160 valence electrons. The number of benzene rings is 2. The van der Waals surface area contributed by atoms with Gasteiger partial charge in [0, 0.05) is 0 Å². The molecule has 2 aromatic carbocycles. The molecule has 0 amide bonds. The summed E-state index contributed by atoms with van der Waals surface area (Å²) in [6, 6.07) is 12.7. The number of ether oxygens (including phenoxy) is 1. The van der Waals surface area contributed by atoms with Crippen molar-refractivity contribution in [2.45, 2.75) is 58.2 Å². The largest absolute Gasteiger partial charge is 0.573 e. The van der Waals surface area contributed by atoms with E-state index in [1.54, 1.807) is 12.1 Å². The van der Waals surface area contributed by atoms with Crippen LogP contribution in [0.15, 0.2) is 54.6 Å². The van der Waals surface area contributed by atoms with E-state index in [0.717, 1.165) is 41.7 Å². The third-order valence-electron chi connectivity index (χ3n) is 6.84. The predicted molar refractivity (Wildman–Crippen MR) is 114 cm³/mol. The Bertz CT molecular complexity index is 874. The van der Waals surface area contributed by atoms with Gasteiger partial charge in [-0.3, -0.25) is 0 Å². The predicted octanol–water partition coefficient (Wildman–Crippen LogP) is 7.74. The fourth-order valence-corrected chi connectivity index (χ4v) is 5.30. The van der Waals surface area contributed by atoms with Gasteiger partial charge in [0.15, 0.2) is 0 Å². The number of aryl methyl sites for hydroxylation is 1. The van der Waals surface area contributed by atoms with Crippen molar-refractivity contribution >= 4 is 0 Å². The highest BCUT2D eigenvalue weighted by atomic mass is 19.4. The van der Waals surface area contributed by atoms with E-state index in [9.17, 15) is 13.2 Å². The van der Waals surface area contributed by atoms with Crippen LogP contribution >= 0.6 is 0 Å². The summed E-state index contributed by atoms with van der Waals surface area (Å²) < 4.78 is 41.0. The highest BCUT2D eigenvalue weighted by molar-refractivity contribution is 5.66. The van der Waals surface area contributed by atoms with E-state index in [1.807, 2.05) is 0 Å². The molecule has 0 bridgehead atoms. The van der Waals surface area contributed by atoms with Gasteiger partial charge >= 0.3 is 6.36 Å². The van der Waals surface area contributed by atoms with Gasteiger partial charge in [-0.2, -0.15) is 0 Å². The van der Waals surface area contributed by atoms with Gasteiger partial charge in [0.05, 0.1) is 0 Å². The summed E-state index contributed by atoms with van der Waals surface area (Å²) >= 11 is 0. The van der Waals surface area contributed by atoms with Crippen LogP contribution in [0.4, 0.5) is 13.2 Å². The molecule has 1 atom stereocenters. The van der Waals surface area contributed by atoms with Crippen LogP contribution in [-0.4, -0.2) is 6.36 Å². The van der Waals surface area contributed by atoms with Gasteiger partial charge < -0.3 is 4.74 Å². The van der Waals surface area contributed by atoms with Crippen LogP contribution < -0.4 is 4.74 Å². The van der Waals surface area contributed by atoms with Crippen LogP contribution in [0.3, 0.4) is 0 Å². The third kappa shape index (κ3) is 5.08. The van der Waals surface area contributed by atoms with E-state index >= 15 is 0 Å². The highest BCUT2D eigenvalue weighted by Gasteiger charge is 2.31. The van der Waals surface area contributed by atoms with Crippen molar-refractivity contribution in [1.82, 2.24) is 0 Å². The van der Waals surface area contributed by atoms with Crippen molar-refractivity contribution in [1.29, 1.82) is 0 Å². The molecule has 0 N–H and O–H groups in total. The van der Waals surface area contributed by atoms with Crippen molar-refractivity contribution in [3.63, 3.8) is 0 Å². The zero-order valence-electron chi connectivity index (χ0n) is 17.4. The first kappa shape index (κ1) is 21.0. The average Bonchev–Trinajstić information content (AvgIpc) is 2.73. The molecule has 1 unspecified atom stereocenters. The third-order valence-corrected chi connectivity index (χ3v) is 6.84. The van der Waals surface area contributed by atoms with E-state index < -0.39 is 6.36 Å². The monoisotopic (exact) mass is 414 g/mol. The summed E-state index contributed by atoms with van der Waals surface area (Å²) in [5.74, 6) is 2.23. The first-order valence-corrected chi connectivity index (χ1v) is 11.0. The minimum atomic E-state index is -4.66. The Morgan fingerprint density at radius 2 is 1.53 bits per heavy atom. The maximum atomic E-state index is 12.3. The topological polar surface area (TPSA) is 9.23 Å². The molecule has 0 aliphatic heterocycles. The maximum absolute atomic E-state index is 12.3. The molecule has 4 heteroatoms. The Labute approximate surface area is 177 Å². The van der Waals surface area contributed by atoms with E-state index in [-0.39, 0.29) is 5.75 Å². The number of fused-ring (bicyclic) bond motifs is 1. The lowest BCUT2D eigenvalue weighted by molar-refractivity contribution is -0.274. The van der Waals surface area contributed by atoms with Crippen LogP contribution in [0.1, 0.15) is 50.2 Å². The minimum Gasteiger partial charge on any atom is -0.406 e. The Balaban J connectivity index is 1.41. The van der Waals surface area contributed by atoms with E-state index in [4.69, 9.17) is 0 Å². The molecule has 0 spiro atoms. The van der Waals surface area contributed by atoms with Crippen LogP contribution in [0.25, 0.3) is 11.1 Å². The lowest BCUT2D eigenvalue weighted by atomic mass is 9.69. The first-order chi connectivity index (χ1) is 14.4. The van der Waals surface area contributed by atoms with Crippen molar-refractivity contribution in [3.8, 4) is 16.9 Å². The van der Waals surface area contributed by atoms with Crippen molar-refractivity contribution in [2.24, 2.45) is 17.8 Å². The van der Waals surface area contributed by atoms with Gasteiger partial charge in [0.2, 0.25) is 0 Å². The van der Waals surface area contributed by atoms with Crippen LogP contribution in [-0.2, 0) is 12.8 Å². The van der Waals surface area contributed by atoms with Gasteiger partial charge in [-0.25, -0.2) is 0 Å². The molecular weight excluding hydrogens is 385 g/mol. The highest BCUT2D eigenvalue weighted by Crippen LogP contribution is 2.40. The van der Waals surface area contributed by atoms with Crippen molar-refractivity contribution in [2.75, 3.05) is 0 Å².